The van der Waals surface area contributed by atoms with E-state index in [2.05, 4.69) is 10.2 Å². The van der Waals surface area contributed by atoms with Crippen molar-refractivity contribution in [3.8, 4) is 0 Å². The number of hydrogen-bond acceptors (Lipinski definition) is 4. The Morgan fingerprint density at radius 3 is 2.70 bits per heavy atom. The average Bonchev–Trinajstić information content (AvgIpc) is 3.20. The topological polar surface area (TPSA) is 50.9 Å². The Morgan fingerprint density at radius 2 is 2.05 bits per heavy atom. The summed E-state index contributed by atoms with van der Waals surface area (Å²) in [6.07, 6.45) is 2.12. The zero-order chi connectivity index (χ0) is 14.1. The van der Waals surface area contributed by atoms with E-state index < -0.39 is 11.6 Å². The molecule has 3 rings (SSSR count). The Labute approximate surface area is 118 Å². The molecule has 7 heteroatoms. The Morgan fingerprint density at radius 1 is 1.25 bits per heavy atom. The second kappa shape index (κ2) is 5.49. The molecule has 1 fully saturated rings. The number of aliphatic hydroxyl groups excluding tert-OH is 1. The highest BCUT2D eigenvalue weighted by atomic mass is 32.2. The van der Waals surface area contributed by atoms with E-state index in [-0.39, 0.29) is 6.61 Å². The minimum atomic E-state index is -0.845. The molecule has 0 radical (unpaired) electrons. The van der Waals surface area contributed by atoms with Gasteiger partial charge in [0.15, 0.2) is 22.6 Å². The molecule has 1 aliphatic carbocycles. The van der Waals surface area contributed by atoms with Crippen molar-refractivity contribution in [1.29, 1.82) is 0 Å². The lowest BCUT2D eigenvalue weighted by molar-refractivity contribution is 0.263. The average molecular weight is 297 g/mol. The summed E-state index contributed by atoms with van der Waals surface area (Å²) in [6.45, 7) is -0.144. The van der Waals surface area contributed by atoms with Gasteiger partial charge in [-0.05, 0) is 30.5 Å². The van der Waals surface area contributed by atoms with Crippen LogP contribution in [0.3, 0.4) is 0 Å². The van der Waals surface area contributed by atoms with E-state index in [1.54, 1.807) is 6.07 Å². The number of thioether (sulfide) groups is 1. The molecule has 20 heavy (non-hydrogen) atoms. The molecule has 2 aromatic rings. The molecule has 0 bridgehead atoms. The van der Waals surface area contributed by atoms with E-state index >= 15 is 0 Å². The van der Waals surface area contributed by atoms with Gasteiger partial charge < -0.3 is 9.67 Å². The van der Waals surface area contributed by atoms with Gasteiger partial charge in [0, 0.05) is 11.8 Å². The largest absolute Gasteiger partial charge is 0.388 e. The van der Waals surface area contributed by atoms with Crippen LogP contribution in [0.5, 0.6) is 0 Å². The maximum atomic E-state index is 13.1. The predicted molar refractivity (Wildman–Crippen MR) is 70.1 cm³/mol. The second-order valence-electron chi connectivity index (χ2n) is 4.70. The van der Waals surface area contributed by atoms with Crippen LogP contribution in [0.2, 0.25) is 0 Å². The summed E-state index contributed by atoms with van der Waals surface area (Å²) >= 11 is 1.41. The predicted octanol–water partition coefficient (Wildman–Crippen LogP) is 2.68. The minimum absolute atomic E-state index is 0.144. The summed E-state index contributed by atoms with van der Waals surface area (Å²) in [7, 11) is 0. The van der Waals surface area contributed by atoms with Gasteiger partial charge in [0.1, 0.15) is 6.61 Å². The Balaban J connectivity index is 1.75. The van der Waals surface area contributed by atoms with Gasteiger partial charge in [-0.3, -0.25) is 0 Å². The van der Waals surface area contributed by atoms with Crippen molar-refractivity contribution < 1.29 is 13.9 Å². The summed E-state index contributed by atoms with van der Waals surface area (Å²) in [5, 5.41) is 17.9. The van der Waals surface area contributed by atoms with Crippen LogP contribution in [-0.4, -0.2) is 19.9 Å². The third-order valence-corrected chi connectivity index (χ3v) is 4.15. The molecule has 106 valence electrons. The summed E-state index contributed by atoms with van der Waals surface area (Å²) in [5.41, 5.74) is 0.685. The Hall–Kier alpha value is -1.47. The molecule has 4 nitrogen and oxygen atoms in total. The van der Waals surface area contributed by atoms with Crippen LogP contribution in [0, 0.1) is 11.6 Å². The van der Waals surface area contributed by atoms with Gasteiger partial charge in [0.2, 0.25) is 0 Å². The van der Waals surface area contributed by atoms with Crippen LogP contribution in [0.15, 0.2) is 23.4 Å². The summed E-state index contributed by atoms with van der Waals surface area (Å²) in [4.78, 5) is 0. The van der Waals surface area contributed by atoms with Crippen LogP contribution in [-0.2, 0) is 12.4 Å². The van der Waals surface area contributed by atoms with Gasteiger partial charge in [-0.1, -0.05) is 17.8 Å². The monoisotopic (exact) mass is 297 g/mol. The van der Waals surface area contributed by atoms with E-state index in [1.807, 2.05) is 4.57 Å². The Bertz CT molecular complexity index is 628. The fraction of sp³-hybridized carbons (Fsp3) is 0.385. The molecular formula is C13H13F2N3OS. The van der Waals surface area contributed by atoms with Crippen molar-refractivity contribution in [2.45, 2.75) is 36.4 Å². The standard InChI is InChI=1S/C13H13F2N3OS/c14-10-4-1-8(5-11(10)15)7-20-13-17-16-12(6-19)18(13)9-2-3-9/h1,4-5,9,19H,2-3,6-7H2. The van der Waals surface area contributed by atoms with E-state index in [4.69, 9.17) is 0 Å². The van der Waals surface area contributed by atoms with Crippen molar-refractivity contribution in [3.63, 3.8) is 0 Å². The molecular weight excluding hydrogens is 284 g/mol. The smallest absolute Gasteiger partial charge is 0.191 e. The number of aromatic nitrogens is 3. The molecule has 1 N–H and O–H groups in total. The molecule has 0 unspecified atom stereocenters. The zero-order valence-corrected chi connectivity index (χ0v) is 11.4. The van der Waals surface area contributed by atoms with Gasteiger partial charge in [-0.25, -0.2) is 8.78 Å². The van der Waals surface area contributed by atoms with Gasteiger partial charge in [-0.2, -0.15) is 0 Å². The minimum Gasteiger partial charge on any atom is -0.388 e. The van der Waals surface area contributed by atoms with Crippen LogP contribution >= 0.6 is 11.8 Å². The number of hydrogen-bond donors (Lipinski definition) is 1. The normalized spacial score (nSPS) is 14.8. The van der Waals surface area contributed by atoms with Crippen molar-refractivity contribution in [2.24, 2.45) is 0 Å². The van der Waals surface area contributed by atoms with Crippen molar-refractivity contribution in [3.05, 3.63) is 41.2 Å². The van der Waals surface area contributed by atoms with Crippen molar-refractivity contribution >= 4 is 11.8 Å². The molecule has 1 aromatic heterocycles. The second-order valence-corrected chi connectivity index (χ2v) is 5.64. The Kier molecular flexibility index (Phi) is 3.71. The van der Waals surface area contributed by atoms with Crippen LogP contribution < -0.4 is 0 Å². The van der Waals surface area contributed by atoms with E-state index in [0.717, 1.165) is 18.9 Å². The summed E-state index contributed by atoms with van der Waals surface area (Å²) in [6, 6.07) is 4.22. The quantitative estimate of drug-likeness (QED) is 0.862. The van der Waals surface area contributed by atoms with E-state index in [9.17, 15) is 13.9 Å². The molecule has 1 aromatic carbocycles. The fourth-order valence-corrected chi connectivity index (χ4v) is 2.96. The molecule has 1 saturated carbocycles. The first-order chi connectivity index (χ1) is 9.69. The summed E-state index contributed by atoms with van der Waals surface area (Å²) < 4.78 is 27.9. The van der Waals surface area contributed by atoms with E-state index in [1.165, 1.54) is 17.8 Å². The van der Waals surface area contributed by atoms with Gasteiger partial charge >= 0.3 is 0 Å². The molecule has 0 atom stereocenters. The summed E-state index contributed by atoms with van der Waals surface area (Å²) in [5.74, 6) is -0.654. The molecule has 0 amide bonds. The number of benzene rings is 1. The third kappa shape index (κ3) is 2.69. The van der Waals surface area contributed by atoms with Gasteiger partial charge in [0.05, 0.1) is 0 Å². The lowest BCUT2D eigenvalue weighted by Gasteiger charge is -2.07. The number of halogens is 2. The molecule has 1 aliphatic rings. The van der Waals surface area contributed by atoms with E-state index in [0.29, 0.717) is 28.3 Å². The molecule has 1 heterocycles. The first-order valence-corrected chi connectivity index (χ1v) is 7.29. The highest BCUT2D eigenvalue weighted by molar-refractivity contribution is 7.98. The van der Waals surface area contributed by atoms with Crippen molar-refractivity contribution in [2.75, 3.05) is 0 Å². The van der Waals surface area contributed by atoms with Crippen molar-refractivity contribution in [1.82, 2.24) is 14.8 Å². The maximum absolute atomic E-state index is 13.1. The zero-order valence-electron chi connectivity index (χ0n) is 10.6. The third-order valence-electron chi connectivity index (χ3n) is 3.14. The highest BCUT2D eigenvalue weighted by Crippen LogP contribution is 2.39. The lowest BCUT2D eigenvalue weighted by atomic mass is 10.2. The molecule has 0 saturated heterocycles. The fourth-order valence-electron chi connectivity index (χ4n) is 1.99. The van der Waals surface area contributed by atoms with Gasteiger partial charge in [-0.15, -0.1) is 10.2 Å². The first-order valence-electron chi connectivity index (χ1n) is 6.30. The maximum Gasteiger partial charge on any atom is 0.191 e. The van der Waals surface area contributed by atoms with Crippen LogP contribution in [0.1, 0.15) is 30.3 Å². The van der Waals surface area contributed by atoms with Crippen LogP contribution in [0.25, 0.3) is 0 Å². The highest BCUT2D eigenvalue weighted by Gasteiger charge is 2.29. The lowest BCUT2D eigenvalue weighted by Crippen LogP contribution is -2.02. The SMILES string of the molecule is OCc1nnc(SCc2ccc(F)c(F)c2)n1C1CC1. The first kappa shape index (κ1) is 13.5. The molecule has 0 aliphatic heterocycles. The number of aliphatic hydroxyl groups is 1. The number of rotatable bonds is 5. The van der Waals surface area contributed by atoms with Crippen LogP contribution in [0.4, 0.5) is 8.78 Å². The molecule has 0 spiro atoms. The van der Waals surface area contributed by atoms with Gasteiger partial charge in [0.25, 0.3) is 0 Å². The number of nitrogens with zero attached hydrogens (tertiary/aromatic N) is 3.